The summed E-state index contributed by atoms with van der Waals surface area (Å²) in [6.07, 6.45) is 2.69. The Bertz CT molecular complexity index is 843. The standard InChI is InChI=1S/C21H28N4O3/c1-16(26)25(10-9-23-11-13-28-14-12-23)17-6-8-24(15-17)21(27)19-3-2-4-20-18(19)5-7-22-20/h2-5,7,17,22H,6,8-15H2,1H3. The fourth-order valence-corrected chi connectivity index (χ4v) is 4.29. The molecule has 0 aliphatic carbocycles. The molecule has 1 unspecified atom stereocenters. The molecule has 1 aromatic heterocycles. The number of carbonyl (C=O) groups excluding carboxylic acids is 2. The van der Waals surface area contributed by atoms with Crippen molar-refractivity contribution >= 4 is 22.7 Å². The van der Waals surface area contributed by atoms with Crippen LogP contribution in [0.3, 0.4) is 0 Å². The average Bonchev–Trinajstić information content (AvgIpc) is 3.37. The van der Waals surface area contributed by atoms with Gasteiger partial charge in [0.1, 0.15) is 0 Å². The molecule has 1 N–H and O–H groups in total. The first-order chi connectivity index (χ1) is 13.6. The topological polar surface area (TPSA) is 68.9 Å². The number of hydrogen-bond acceptors (Lipinski definition) is 4. The average molecular weight is 384 g/mol. The number of benzene rings is 1. The number of fused-ring (bicyclic) bond motifs is 1. The minimum absolute atomic E-state index is 0.0457. The van der Waals surface area contributed by atoms with E-state index in [4.69, 9.17) is 4.74 Å². The molecule has 0 bridgehead atoms. The lowest BCUT2D eigenvalue weighted by Gasteiger charge is -2.32. The quantitative estimate of drug-likeness (QED) is 0.850. The molecule has 0 spiro atoms. The number of aromatic amines is 1. The predicted octanol–water partition coefficient (Wildman–Crippen LogP) is 1.56. The van der Waals surface area contributed by atoms with Gasteiger partial charge in [-0.3, -0.25) is 14.5 Å². The third-order valence-corrected chi connectivity index (χ3v) is 5.88. The number of ether oxygens (including phenoxy) is 1. The van der Waals surface area contributed by atoms with Crippen LogP contribution in [0.1, 0.15) is 23.7 Å². The lowest BCUT2D eigenvalue weighted by Crippen LogP contribution is -2.47. The smallest absolute Gasteiger partial charge is 0.254 e. The van der Waals surface area contributed by atoms with Gasteiger partial charge in [-0.1, -0.05) is 6.07 Å². The Labute approximate surface area is 165 Å². The summed E-state index contributed by atoms with van der Waals surface area (Å²) in [4.78, 5) is 34.7. The van der Waals surface area contributed by atoms with Crippen LogP contribution in [0.4, 0.5) is 0 Å². The summed E-state index contributed by atoms with van der Waals surface area (Å²) < 4.78 is 5.39. The number of nitrogens with zero attached hydrogens (tertiary/aromatic N) is 3. The summed E-state index contributed by atoms with van der Waals surface area (Å²) in [6.45, 7) is 7.83. The van der Waals surface area contributed by atoms with Gasteiger partial charge in [-0.15, -0.1) is 0 Å². The van der Waals surface area contributed by atoms with E-state index < -0.39 is 0 Å². The van der Waals surface area contributed by atoms with Gasteiger partial charge in [0, 0.05) is 68.9 Å². The van der Waals surface area contributed by atoms with Crippen LogP contribution in [-0.2, 0) is 9.53 Å². The Hall–Kier alpha value is -2.38. The number of carbonyl (C=O) groups is 2. The molecular formula is C21H28N4O3. The molecule has 2 aromatic rings. The van der Waals surface area contributed by atoms with E-state index in [1.165, 1.54) is 0 Å². The molecule has 2 amide bonds. The first kappa shape index (κ1) is 19.0. The van der Waals surface area contributed by atoms with Gasteiger partial charge in [0.15, 0.2) is 0 Å². The Morgan fingerprint density at radius 3 is 2.82 bits per heavy atom. The van der Waals surface area contributed by atoms with Gasteiger partial charge in [-0.2, -0.15) is 0 Å². The molecule has 2 aliphatic rings. The third kappa shape index (κ3) is 3.91. The van der Waals surface area contributed by atoms with E-state index in [1.54, 1.807) is 6.92 Å². The van der Waals surface area contributed by atoms with E-state index in [1.807, 2.05) is 40.3 Å². The summed E-state index contributed by atoms with van der Waals surface area (Å²) in [5.41, 5.74) is 1.69. The first-order valence-electron chi connectivity index (χ1n) is 10.1. The van der Waals surface area contributed by atoms with Crippen molar-refractivity contribution in [3.63, 3.8) is 0 Å². The number of hydrogen-bond donors (Lipinski definition) is 1. The summed E-state index contributed by atoms with van der Waals surface area (Å²) in [7, 11) is 0. The zero-order valence-corrected chi connectivity index (χ0v) is 16.4. The number of rotatable bonds is 5. The van der Waals surface area contributed by atoms with Crippen molar-refractivity contribution in [2.24, 2.45) is 0 Å². The van der Waals surface area contributed by atoms with Crippen LogP contribution in [0.15, 0.2) is 30.5 Å². The number of aromatic nitrogens is 1. The molecule has 0 radical (unpaired) electrons. The van der Waals surface area contributed by atoms with Gasteiger partial charge < -0.3 is 19.5 Å². The minimum Gasteiger partial charge on any atom is -0.379 e. The molecule has 2 saturated heterocycles. The van der Waals surface area contributed by atoms with E-state index in [0.29, 0.717) is 19.6 Å². The largest absolute Gasteiger partial charge is 0.379 e. The lowest BCUT2D eigenvalue weighted by atomic mass is 10.1. The Morgan fingerprint density at radius 2 is 2.04 bits per heavy atom. The van der Waals surface area contributed by atoms with Crippen molar-refractivity contribution in [2.45, 2.75) is 19.4 Å². The molecule has 4 rings (SSSR count). The Kier molecular flexibility index (Phi) is 5.64. The molecule has 150 valence electrons. The van der Waals surface area contributed by atoms with Crippen LogP contribution >= 0.6 is 0 Å². The molecular weight excluding hydrogens is 356 g/mol. The fourth-order valence-electron chi connectivity index (χ4n) is 4.29. The molecule has 7 nitrogen and oxygen atoms in total. The summed E-state index contributed by atoms with van der Waals surface area (Å²) in [5.74, 6) is 0.129. The van der Waals surface area contributed by atoms with Gasteiger partial charge in [0.2, 0.25) is 5.91 Å². The van der Waals surface area contributed by atoms with Crippen LogP contribution in [0, 0.1) is 0 Å². The highest BCUT2D eigenvalue weighted by atomic mass is 16.5. The zero-order chi connectivity index (χ0) is 19.5. The van der Waals surface area contributed by atoms with Crippen molar-refractivity contribution < 1.29 is 14.3 Å². The SMILES string of the molecule is CC(=O)N(CCN1CCOCC1)C1CCN(C(=O)c2cccc3[nH]ccc23)C1. The second kappa shape index (κ2) is 8.32. The van der Waals surface area contributed by atoms with Crippen LogP contribution in [0.25, 0.3) is 10.9 Å². The maximum atomic E-state index is 13.1. The van der Waals surface area contributed by atoms with Crippen molar-refractivity contribution in [1.82, 2.24) is 19.7 Å². The number of morpholine rings is 1. The fraction of sp³-hybridized carbons (Fsp3) is 0.524. The normalized spacial score (nSPS) is 20.6. The van der Waals surface area contributed by atoms with Crippen molar-refractivity contribution in [2.75, 3.05) is 52.5 Å². The van der Waals surface area contributed by atoms with Crippen LogP contribution in [-0.4, -0.2) is 90.0 Å². The predicted molar refractivity (Wildman–Crippen MR) is 107 cm³/mol. The molecule has 0 saturated carbocycles. The number of amides is 2. The molecule has 2 aliphatic heterocycles. The highest BCUT2D eigenvalue weighted by Gasteiger charge is 2.32. The van der Waals surface area contributed by atoms with Crippen molar-refractivity contribution in [3.8, 4) is 0 Å². The highest BCUT2D eigenvalue weighted by Crippen LogP contribution is 2.23. The van der Waals surface area contributed by atoms with E-state index in [9.17, 15) is 9.59 Å². The van der Waals surface area contributed by atoms with E-state index >= 15 is 0 Å². The van der Waals surface area contributed by atoms with Crippen molar-refractivity contribution in [3.05, 3.63) is 36.0 Å². The number of nitrogens with one attached hydrogen (secondary N) is 1. The van der Waals surface area contributed by atoms with Crippen LogP contribution in [0.5, 0.6) is 0 Å². The Balaban J connectivity index is 1.40. The van der Waals surface area contributed by atoms with Crippen molar-refractivity contribution in [1.29, 1.82) is 0 Å². The van der Waals surface area contributed by atoms with Gasteiger partial charge in [0.25, 0.3) is 5.91 Å². The summed E-state index contributed by atoms with van der Waals surface area (Å²) in [5, 5.41) is 0.951. The molecule has 1 aromatic carbocycles. The molecule has 2 fully saturated rings. The maximum Gasteiger partial charge on any atom is 0.254 e. The summed E-state index contributed by atoms with van der Waals surface area (Å²) >= 11 is 0. The molecule has 3 heterocycles. The molecule has 1 atom stereocenters. The second-order valence-corrected chi connectivity index (χ2v) is 7.60. The molecule has 7 heteroatoms. The third-order valence-electron chi connectivity index (χ3n) is 5.88. The molecule has 28 heavy (non-hydrogen) atoms. The van der Waals surface area contributed by atoms with E-state index in [0.717, 1.165) is 55.7 Å². The van der Waals surface area contributed by atoms with E-state index in [-0.39, 0.29) is 17.9 Å². The lowest BCUT2D eigenvalue weighted by molar-refractivity contribution is -0.131. The van der Waals surface area contributed by atoms with Crippen LogP contribution < -0.4 is 0 Å². The highest BCUT2D eigenvalue weighted by molar-refractivity contribution is 6.06. The first-order valence-corrected chi connectivity index (χ1v) is 10.1. The van der Waals surface area contributed by atoms with Gasteiger partial charge in [-0.05, 0) is 24.6 Å². The van der Waals surface area contributed by atoms with E-state index in [2.05, 4.69) is 9.88 Å². The van der Waals surface area contributed by atoms with Crippen LogP contribution in [0.2, 0.25) is 0 Å². The Morgan fingerprint density at radius 1 is 1.21 bits per heavy atom. The van der Waals surface area contributed by atoms with Gasteiger partial charge >= 0.3 is 0 Å². The zero-order valence-electron chi connectivity index (χ0n) is 16.4. The monoisotopic (exact) mass is 384 g/mol. The summed E-state index contributed by atoms with van der Waals surface area (Å²) in [6, 6.07) is 7.80. The maximum absolute atomic E-state index is 13.1. The second-order valence-electron chi connectivity index (χ2n) is 7.60. The van der Waals surface area contributed by atoms with Gasteiger partial charge in [0.05, 0.1) is 19.3 Å². The minimum atomic E-state index is 0.0457. The number of H-pyrrole nitrogens is 1. The number of likely N-dealkylation sites (tertiary alicyclic amines) is 1. The van der Waals surface area contributed by atoms with Gasteiger partial charge in [-0.25, -0.2) is 0 Å².